The fourth-order valence-corrected chi connectivity index (χ4v) is 15.4. The van der Waals surface area contributed by atoms with Crippen LogP contribution in [0.15, 0.2) is 0 Å². The summed E-state index contributed by atoms with van der Waals surface area (Å²) in [5.74, 6) is -0.579. The van der Waals surface area contributed by atoms with Crippen LogP contribution in [0.5, 0.6) is 0 Å². The van der Waals surface area contributed by atoms with Crippen molar-refractivity contribution in [3.63, 3.8) is 0 Å². The lowest BCUT2D eigenvalue weighted by atomic mass is 10.0. The second-order valence-electron chi connectivity index (χ2n) is 31.3. The predicted octanol–water partition coefficient (Wildman–Crippen LogP) is 24.3. The highest BCUT2D eigenvalue weighted by atomic mass is 31.2. The molecule has 0 aliphatic carbocycles. The number of hydrogen-bond donors (Lipinski definition) is 4. The highest BCUT2D eigenvalue weighted by Gasteiger charge is 2.25. The summed E-state index contributed by atoms with van der Waals surface area (Å²) in [4.78, 5) is 65.8. The van der Waals surface area contributed by atoms with Crippen molar-refractivity contribution < 1.29 is 70.1 Å². The van der Waals surface area contributed by atoms with E-state index in [1.807, 2.05) is 0 Å². The maximum absolute atomic E-state index is 13.7. The molecule has 6 atom stereocenters. The van der Waals surface area contributed by atoms with Crippen LogP contribution in [0.4, 0.5) is 4.79 Å². The number of unbranched alkanes of at least 4 members (excludes halogenated alkanes) is 46. The molecular weight excluding hydrogens is 1400 g/mol. The topological polar surface area (TPSA) is 241 Å². The molecule has 640 valence electrons. The SMILES string of the molecule is CCCCCCCCCCCCCCC(=O)NC(COCCC(CCCCCCC)OC(=O)CCCCCCCCCCCC)COP(C)(=O)OCCNC(=O)NCCOP(C)(=O)OCC(COCCC(CCCCCCC)OC(=O)CCCCCCCCCCC)NC(=O)CCCCCCCCCCCCC. The van der Waals surface area contributed by atoms with Gasteiger partial charge in [0.15, 0.2) is 0 Å². The lowest BCUT2D eigenvalue weighted by Gasteiger charge is -2.23. The van der Waals surface area contributed by atoms with Crippen LogP contribution in [0.3, 0.4) is 0 Å². The molecule has 0 bridgehead atoms. The molecule has 108 heavy (non-hydrogen) atoms. The molecule has 19 nitrogen and oxygen atoms in total. The number of amides is 4. The maximum atomic E-state index is 13.7. The second-order valence-corrected chi connectivity index (χ2v) is 35.4. The van der Waals surface area contributed by atoms with Gasteiger partial charge < -0.3 is 58.3 Å². The minimum absolute atomic E-state index is 0.00608. The van der Waals surface area contributed by atoms with Gasteiger partial charge in [-0.3, -0.25) is 28.3 Å². The molecule has 0 aromatic heterocycles. The summed E-state index contributed by atoms with van der Waals surface area (Å²) in [6, 6.07) is -1.80. The summed E-state index contributed by atoms with van der Waals surface area (Å²) in [6.07, 6.45) is 64.5. The Hall–Kier alpha value is -2.63. The van der Waals surface area contributed by atoms with Crippen LogP contribution in [0.1, 0.15) is 427 Å². The van der Waals surface area contributed by atoms with Gasteiger partial charge >= 0.3 is 33.2 Å². The number of ether oxygens (including phenoxy) is 4. The predicted molar refractivity (Wildman–Crippen MR) is 449 cm³/mol. The van der Waals surface area contributed by atoms with Crippen LogP contribution >= 0.6 is 15.2 Å². The Bertz CT molecular complexity index is 2130. The lowest BCUT2D eigenvalue weighted by Crippen LogP contribution is -2.41. The Morgan fingerprint density at radius 3 is 0.787 bits per heavy atom. The van der Waals surface area contributed by atoms with Crippen molar-refractivity contribution in [2.45, 2.75) is 451 Å². The maximum Gasteiger partial charge on any atom is 0.327 e. The largest absolute Gasteiger partial charge is 0.462 e. The van der Waals surface area contributed by atoms with E-state index < -0.39 is 33.3 Å². The van der Waals surface area contributed by atoms with E-state index in [1.54, 1.807) is 0 Å². The third-order valence-electron chi connectivity index (χ3n) is 20.3. The van der Waals surface area contributed by atoms with Crippen LogP contribution in [-0.2, 0) is 65.4 Å². The fraction of sp³-hybridized carbons (Fsp3) is 0.943. The average molecular weight is 1580 g/mol. The highest BCUT2D eigenvalue weighted by molar-refractivity contribution is 7.53. The molecule has 0 aliphatic rings. The first-order valence-electron chi connectivity index (χ1n) is 45.4. The van der Waals surface area contributed by atoms with Gasteiger partial charge in [0, 0.05) is 64.9 Å². The molecule has 0 fully saturated rings. The number of nitrogens with one attached hydrogen (secondary N) is 4. The zero-order valence-electron chi connectivity index (χ0n) is 71.3. The minimum atomic E-state index is -3.68. The van der Waals surface area contributed by atoms with Gasteiger partial charge in [-0.1, -0.05) is 337 Å². The summed E-state index contributed by atoms with van der Waals surface area (Å²) in [5, 5.41) is 11.5. The summed E-state index contributed by atoms with van der Waals surface area (Å²) >= 11 is 0. The van der Waals surface area contributed by atoms with E-state index in [9.17, 15) is 33.1 Å². The Kier molecular flexibility index (Phi) is 77.7. The molecule has 0 aromatic carbocycles. The Labute approximate surface area is 663 Å². The molecular formula is C87H172N4O15P2. The Morgan fingerprint density at radius 1 is 0.278 bits per heavy atom. The zero-order chi connectivity index (χ0) is 79.2. The number of urea groups is 1. The van der Waals surface area contributed by atoms with E-state index in [1.165, 1.54) is 219 Å². The first-order chi connectivity index (χ1) is 52.5. The highest BCUT2D eigenvalue weighted by Crippen LogP contribution is 2.44. The minimum Gasteiger partial charge on any atom is -0.462 e. The van der Waals surface area contributed by atoms with Gasteiger partial charge in [0.25, 0.3) is 0 Å². The number of carbonyl (C=O) groups excluding carboxylic acids is 5. The van der Waals surface area contributed by atoms with Gasteiger partial charge in [-0.15, -0.1) is 0 Å². The molecule has 0 saturated carbocycles. The number of rotatable bonds is 86. The average Bonchev–Trinajstić information content (AvgIpc) is 0.915. The molecule has 4 amide bonds. The summed E-state index contributed by atoms with van der Waals surface area (Å²) < 4.78 is 74.9. The zero-order valence-corrected chi connectivity index (χ0v) is 73.1. The summed E-state index contributed by atoms with van der Waals surface area (Å²) in [5.41, 5.74) is 0. The van der Waals surface area contributed by atoms with E-state index in [0.29, 0.717) is 51.7 Å². The van der Waals surface area contributed by atoms with E-state index >= 15 is 0 Å². The van der Waals surface area contributed by atoms with Crippen molar-refractivity contribution in [1.29, 1.82) is 0 Å². The van der Waals surface area contributed by atoms with Crippen LogP contribution in [0.2, 0.25) is 0 Å². The third kappa shape index (κ3) is 76.0. The molecule has 6 unspecified atom stereocenters. The molecule has 4 N–H and O–H groups in total. The number of hydrogen-bond acceptors (Lipinski definition) is 15. The van der Waals surface area contributed by atoms with E-state index in [4.69, 9.17) is 37.0 Å². The van der Waals surface area contributed by atoms with Crippen LogP contribution in [0.25, 0.3) is 0 Å². The van der Waals surface area contributed by atoms with Gasteiger partial charge in [0.1, 0.15) is 12.2 Å². The Balaban J connectivity index is 5.57. The van der Waals surface area contributed by atoms with Crippen molar-refractivity contribution >= 4 is 45.0 Å². The van der Waals surface area contributed by atoms with Crippen LogP contribution in [0, 0.1) is 0 Å². The normalized spacial score (nSPS) is 13.9. The lowest BCUT2D eigenvalue weighted by molar-refractivity contribution is -0.151. The van der Waals surface area contributed by atoms with E-state index in [2.05, 4.69) is 62.8 Å². The van der Waals surface area contributed by atoms with Gasteiger partial charge in [-0.05, 0) is 51.4 Å². The van der Waals surface area contributed by atoms with Crippen LogP contribution in [-0.4, -0.2) is 133 Å². The van der Waals surface area contributed by atoms with Gasteiger partial charge in [0.05, 0.1) is 64.9 Å². The fourth-order valence-electron chi connectivity index (χ4n) is 13.5. The van der Waals surface area contributed by atoms with Crippen molar-refractivity contribution in [2.24, 2.45) is 0 Å². The number of carbonyl (C=O) groups is 5. The van der Waals surface area contributed by atoms with Crippen LogP contribution < -0.4 is 21.3 Å². The molecule has 0 spiro atoms. The molecule has 0 saturated heterocycles. The molecule has 0 aromatic rings. The monoisotopic (exact) mass is 1580 g/mol. The first-order valence-corrected chi connectivity index (χ1v) is 49.4. The van der Waals surface area contributed by atoms with Crippen molar-refractivity contribution in [3.05, 3.63) is 0 Å². The van der Waals surface area contributed by atoms with Gasteiger partial charge in [0.2, 0.25) is 11.8 Å². The Morgan fingerprint density at radius 2 is 0.519 bits per heavy atom. The smallest absolute Gasteiger partial charge is 0.327 e. The van der Waals surface area contributed by atoms with Crippen molar-refractivity contribution in [1.82, 2.24) is 21.3 Å². The molecule has 21 heteroatoms. The molecule has 0 radical (unpaired) electrons. The van der Waals surface area contributed by atoms with Gasteiger partial charge in [-0.25, -0.2) is 4.79 Å². The summed E-state index contributed by atoms with van der Waals surface area (Å²) in [7, 11) is -7.35. The standard InChI is InChI=1S/C87H172N4O15P2/c1-9-15-21-27-31-35-38-40-43-46-52-58-64-84(93)91-80(76-100-72-68-82(62-56-50-26-20-14-6)106-86(95)66-60-54-48-44-37-33-29-23-17-11-3)78-104-108(8,98)102-74-70-89-87(96)88-69-73-101-107(7,97)103-77-79(90-83(92)63-57-51-45-42-39-36-32-28-22-16-10-2)75-99-71-67-81(61-55-49-25-19-13-5)105-85(94)65-59-53-47-41-34-30-24-18-12-4/h79-82H,9-78H2,1-8H3,(H,90,92)(H,91,93)(H2,88,89,96). The van der Waals surface area contributed by atoms with E-state index in [-0.39, 0.29) is 88.7 Å². The molecule has 0 heterocycles. The molecule has 0 rings (SSSR count). The number of esters is 2. The quantitative estimate of drug-likeness (QED) is 0.0251. The first kappa shape index (κ1) is 105. The molecule has 0 aliphatic heterocycles. The van der Waals surface area contributed by atoms with Crippen molar-refractivity contribution in [2.75, 3.05) is 79.3 Å². The second kappa shape index (κ2) is 79.6. The van der Waals surface area contributed by atoms with Gasteiger partial charge in [-0.2, -0.15) is 0 Å². The van der Waals surface area contributed by atoms with Crippen molar-refractivity contribution in [3.8, 4) is 0 Å². The van der Waals surface area contributed by atoms with E-state index in [0.717, 1.165) is 141 Å². The third-order valence-corrected chi connectivity index (χ3v) is 22.9. The summed E-state index contributed by atoms with van der Waals surface area (Å²) in [6.45, 7) is 16.3.